The molecule has 32 heavy (non-hydrogen) atoms. The Morgan fingerprint density at radius 2 is 2.03 bits per heavy atom. The van der Waals surface area contributed by atoms with Gasteiger partial charge < -0.3 is 14.2 Å². The van der Waals surface area contributed by atoms with Gasteiger partial charge in [-0.15, -0.1) is 10.2 Å². The van der Waals surface area contributed by atoms with Gasteiger partial charge in [-0.1, -0.05) is 11.6 Å². The van der Waals surface area contributed by atoms with Gasteiger partial charge in [-0.05, 0) is 6.07 Å². The number of ether oxygens (including phenoxy) is 3. The van der Waals surface area contributed by atoms with Crippen molar-refractivity contribution in [3.63, 3.8) is 0 Å². The molecule has 4 rings (SSSR count). The molecule has 1 atom stereocenters. The second-order valence-electron chi connectivity index (χ2n) is 6.82. The minimum atomic E-state index is -3.79. The van der Waals surface area contributed by atoms with E-state index in [0.29, 0.717) is 33.9 Å². The van der Waals surface area contributed by atoms with E-state index >= 15 is 0 Å². The molecule has 170 valence electrons. The van der Waals surface area contributed by atoms with Crippen LogP contribution in [0, 0.1) is 0 Å². The zero-order chi connectivity index (χ0) is 22.7. The number of nitrogens with one attached hydrogen (secondary N) is 1. The van der Waals surface area contributed by atoms with Gasteiger partial charge >= 0.3 is 0 Å². The maximum atomic E-state index is 12.8. The van der Waals surface area contributed by atoms with E-state index in [1.807, 2.05) is 0 Å². The number of methoxy groups -OCH3 is 2. The molecule has 3 aromatic heterocycles. The molecular formula is C18H20ClN7O5S. The maximum absolute atomic E-state index is 12.8. The van der Waals surface area contributed by atoms with Crippen molar-refractivity contribution >= 4 is 27.6 Å². The number of aryl methyl sites for hydroxylation is 1. The van der Waals surface area contributed by atoms with Gasteiger partial charge in [0, 0.05) is 32.1 Å². The number of sulfonamides is 1. The molecule has 1 aliphatic heterocycles. The number of anilines is 1. The van der Waals surface area contributed by atoms with Crippen LogP contribution in [0.25, 0.3) is 11.4 Å². The summed E-state index contributed by atoms with van der Waals surface area (Å²) in [5, 5.41) is 8.66. The quantitative estimate of drug-likeness (QED) is 0.500. The Morgan fingerprint density at radius 3 is 2.75 bits per heavy atom. The third kappa shape index (κ3) is 4.59. The first kappa shape index (κ1) is 22.2. The Balaban J connectivity index is 1.64. The minimum Gasteiger partial charge on any atom is -0.485 e. The predicted octanol–water partition coefficient (Wildman–Crippen LogP) is 1.36. The molecule has 1 aliphatic rings. The lowest BCUT2D eigenvalue weighted by molar-refractivity contribution is 0.125. The highest BCUT2D eigenvalue weighted by Crippen LogP contribution is 2.40. The fourth-order valence-corrected chi connectivity index (χ4v) is 4.30. The van der Waals surface area contributed by atoms with Gasteiger partial charge in [0.05, 0.1) is 36.1 Å². The largest absolute Gasteiger partial charge is 0.485 e. The molecule has 1 N–H and O–H groups in total. The van der Waals surface area contributed by atoms with Gasteiger partial charge in [0.25, 0.3) is 5.88 Å². The van der Waals surface area contributed by atoms with Crippen LogP contribution in [0.3, 0.4) is 0 Å². The van der Waals surface area contributed by atoms with Crippen molar-refractivity contribution in [3.05, 3.63) is 35.5 Å². The van der Waals surface area contributed by atoms with Crippen LogP contribution in [0.1, 0.15) is 11.9 Å². The second kappa shape index (κ2) is 9.22. The fraction of sp³-hybridized carbons (Fsp3) is 0.389. The molecule has 0 bridgehead atoms. The van der Waals surface area contributed by atoms with Gasteiger partial charge in [0.15, 0.2) is 11.6 Å². The van der Waals surface area contributed by atoms with Crippen LogP contribution in [0.2, 0.25) is 5.02 Å². The third-order valence-electron chi connectivity index (χ3n) is 4.66. The summed E-state index contributed by atoms with van der Waals surface area (Å²) >= 11 is 5.77. The molecule has 0 saturated heterocycles. The van der Waals surface area contributed by atoms with Crippen molar-refractivity contribution in [3.8, 4) is 23.0 Å². The standard InChI is InChI=1S/C18H20ClN7O5S/c1-29-9-12-10-31-15-13(3-5-20-17(15)30-2)16-23-24-18(26(12)16)25-32(27,28)6-4-14-21-7-11(19)8-22-14/h3,5,7-8,12H,4,6,9-10H2,1-2H3,(H,24,25)/t12-/m1/s1. The molecule has 14 heteroatoms. The molecule has 12 nitrogen and oxygen atoms in total. The summed E-state index contributed by atoms with van der Waals surface area (Å²) in [6.45, 7) is 0.406. The first-order valence-electron chi connectivity index (χ1n) is 9.48. The summed E-state index contributed by atoms with van der Waals surface area (Å²) in [6.07, 6.45) is 4.48. The molecule has 0 aromatic carbocycles. The molecule has 0 amide bonds. The summed E-state index contributed by atoms with van der Waals surface area (Å²) in [5.41, 5.74) is 0.572. The average Bonchev–Trinajstić information content (AvgIpc) is 3.10. The van der Waals surface area contributed by atoms with Crippen molar-refractivity contribution in [2.75, 3.05) is 37.9 Å². The number of rotatable bonds is 8. The van der Waals surface area contributed by atoms with E-state index in [2.05, 4.69) is 29.9 Å². The summed E-state index contributed by atoms with van der Waals surface area (Å²) in [4.78, 5) is 12.2. The molecule has 0 aliphatic carbocycles. The number of aromatic nitrogens is 6. The van der Waals surface area contributed by atoms with E-state index in [0.717, 1.165) is 0 Å². The molecule has 0 radical (unpaired) electrons. The van der Waals surface area contributed by atoms with Crippen molar-refractivity contribution in [2.45, 2.75) is 12.5 Å². The van der Waals surface area contributed by atoms with Gasteiger partial charge in [0.2, 0.25) is 16.0 Å². The number of pyridine rings is 1. The van der Waals surface area contributed by atoms with E-state index < -0.39 is 16.1 Å². The van der Waals surface area contributed by atoms with E-state index in [4.69, 9.17) is 25.8 Å². The highest BCUT2D eigenvalue weighted by molar-refractivity contribution is 7.92. The normalized spacial score (nSPS) is 15.3. The lowest BCUT2D eigenvalue weighted by Crippen LogP contribution is -2.26. The van der Waals surface area contributed by atoms with Crippen molar-refractivity contribution in [1.29, 1.82) is 0 Å². The van der Waals surface area contributed by atoms with Crippen molar-refractivity contribution < 1.29 is 22.6 Å². The molecule has 0 spiro atoms. The molecular weight excluding hydrogens is 462 g/mol. The van der Waals surface area contributed by atoms with Crippen LogP contribution in [-0.2, 0) is 21.2 Å². The number of nitrogens with zero attached hydrogens (tertiary/aromatic N) is 6. The zero-order valence-electron chi connectivity index (χ0n) is 17.2. The first-order valence-corrected chi connectivity index (χ1v) is 11.5. The Morgan fingerprint density at radius 1 is 1.25 bits per heavy atom. The van der Waals surface area contributed by atoms with E-state index in [9.17, 15) is 8.42 Å². The predicted molar refractivity (Wildman–Crippen MR) is 114 cm³/mol. The summed E-state index contributed by atoms with van der Waals surface area (Å²) in [6, 6.07) is 1.29. The highest BCUT2D eigenvalue weighted by atomic mass is 35.5. The van der Waals surface area contributed by atoms with Gasteiger partial charge in [-0.3, -0.25) is 9.29 Å². The summed E-state index contributed by atoms with van der Waals surface area (Å²) in [5.74, 6) is 1.25. The molecule has 0 unspecified atom stereocenters. The van der Waals surface area contributed by atoms with Crippen LogP contribution in [0.15, 0.2) is 24.7 Å². The number of hydrogen-bond donors (Lipinski definition) is 1. The van der Waals surface area contributed by atoms with Crippen LogP contribution < -0.4 is 14.2 Å². The summed E-state index contributed by atoms with van der Waals surface area (Å²) < 4.78 is 46.2. The Bertz CT molecular complexity index is 1200. The summed E-state index contributed by atoms with van der Waals surface area (Å²) in [7, 11) is -0.766. The monoisotopic (exact) mass is 481 g/mol. The Hall–Kier alpha value is -3.03. The average molecular weight is 482 g/mol. The fourth-order valence-electron chi connectivity index (χ4n) is 3.23. The maximum Gasteiger partial charge on any atom is 0.257 e. The minimum absolute atomic E-state index is 0.0475. The molecule has 4 heterocycles. The number of fused-ring (bicyclic) bond motifs is 3. The molecule has 0 fully saturated rings. The van der Waals surface area contributed by atoms with Gasteiger partial charge in [0.1, 0.15) is 12.4 Å². The van der Waals surface area contributed by atoms with Crippen LogP contribution >= 0.6 is 11.6 Å². The van der Waals surface area contributed by atoms with E-state index in [1.165, 1.54) is 19.5 Å². The first-order chi connectivity index (χ1) is 15.4. The zero-order valence-corrected chi connectivity index (χ0v) is 18.8. The van der Waals surface area contributed by atoms with Gasteiger partial charge in [-0.2, -0.15) is 0 Å². The van der Waals surface area contributed by atoms with E-state index in [1.54, 1.807) is 23.9 Å². The Kier molecular flexibility index (Phi) is 6.39. The molecule has 0 saturated carbocycles. The second-order valence-corrected chi connectivity index (χ2v) is 9.10. The smallest absolute Gasteiger partial charge is 0.257 e. The number of hydrogen-bond acceptors (Lipinski definition) is 10. The van der Waals surface area contributed by atoms with Crippen LogP contribution in [-0.4, -0.2) is 71.3 Å². The van der Waals surface area contributed by atoms with Gasteiger partial charge in [-0.25, -0.2) is 23.4 Å². The third-order valence-corrected chi connectivity index (χ3v) is 6.09. The van der Waals surface area contributed by atoms with Crippen LogP contribution in [0.4, 0.5) is 5.95 Å². The lowest BCUT2D eigenvalue weighted by atomic mass is 10.2. The topological polar surface area (TPSA) is 143 Å². The Labute approximate surface area is 189 Å². The van der Waals surface area contributed by atoms with E-state index in [-0.39, 0.29) is 31.3 Å². The van der Waals surface area contributed by atoms with Crippen molar-refractivity contribution in [2.24, 2.45) is 0 Å². The van der Waals surface area contributed by atoms with Crippen molar-refractivity contribution in [1.82, 2.24) is 29.7 Å². The lowest BCUT2D eigenvalue weighted by Gasteiger charge is -2.19. The van der Waals surface area contributed by atoms with Crippen LogP contribution in [0.5, 0.6) is 11.6 Å². The molecule has 3 aromatic rings. The number of halogens is 1. The highest BCUT2D eigenvalue weighted by Gasteiger charge is 2.31. The SMILES string of the molecule is COC[C@@H]1COc2c(ccnc2OC)-c2nnc(NS(=O)(=O)CCc3ncc(Cl)cn3)n21.